The smallest absolute Gasteiger partial charge is 0.182 e. The Balaban J connectivity index is 0.00000106. The molecule has 0 spiro atoms. The summed E-state index contributed by atoms with van der Waals surface area (Å²) >= 11 is 0. The molecule has 7 nitrogen and oxygen atoms in total. The molecule has 0 saturated carbocycles. The first kappa shape index (κ1) is 19.6. The highest BCUT2D eigenvalue weighted by molar-refractivity contribution is 5.82. The molecule has 1 aromatic carbocycles. The zero-order chi connectivity index (χ0) is 21.1. The lowest BCUT2D eigenvalue weighted by Gasteiger charge is -2.15. The number of hydrogen-bond donors (Lipinski definition) is 2. The number of aromatic nitrogens is 6. The van der Waals surface area contributed by atoms with Crippen LogP contribution in [0, 0.1) is 6.92 Å². The fourth-order valence-corrected chi connectivity index (χ4v) is 3.54. The molecule has 0 bridgehead atoms. The number of pyridine rings is 1. The predicted molar refractivity (Wildman–Crippen MR) is 120 cm³/mol. The van der Waals surface area contributed by atoms with Crippen LogP contribution in [0.5, 0.6) is 0 Å². The molecule has 0 aliphatic carbocycles. The summed E-state index contributed by atoms with van der Waals surface area (Å²) in [6.07, 6.45) is 5.19. The molecule has 7 heteroatoms. The normalized spacial score (nSPS) is 11.9. The first-order chi connectivity index (χ1) is 14.7. The van der Waals surface area contributed by atoms with Crippen molar-refractivity contribution in [2.45, 2.75) is 33.7 Å². The van der Waals surface area contributed by atoms with Gasteiger partial charge in [-0.25, -0.2) is 19.9 Å². The number of rotatable bonds is 4. The van der Waals surface area contributed by atoms with Crippen molar-refractivity contribution in [2.24, 2.45) is 0 Å². The van der Waals surface area contributed by atoms with Gasteiger partial charge in [-0.2, -0.15) is 0 Å². The molecule has 0 aliphatic heterocycles. The predicted octanol–water partition coefficient (Wildman–Crippen LogP) is 5.18. The number of imidazole rings is 2. The van der Waals surface area contributed by atoms with E-state index in [0.29, 0.717) is 11.5 Å². The summed E-state index contributed by atoms with van der Waals surface area (Å²) in [5.74, 6) is 0.710. The Hall–Kier alpha value is -3.74. The van der Waals surface area contributed by atoms with Gasteiger partial charge in [-0.05, 0) is 32.0 Å². The van der Waals surface area contributed by atoms with Crippen molar-refractivity contribution in [2.75, 3.05) is 5.32 Å². The number of H-pyrrole nitrogens is 1. The van der Waals surface area contributed by atoms with Gasteiger partial charge < -0.3 is 10.3 Å². The lowest BCUT2D eigenvalue weighted by molar-refractivity contribution is 0.846. The van der Waals surface area contributed by atoms with Crippen molar-refractivity contribution in [1.82, 2.24) is 29.3 Å². The van der Waals surface area contributed by atoms with Crippen molar-refractivity contribution < 1.29 is 0 Å². The fourth-order valence-electron chi connectivity index (χ4n) is 3.54. The molecule has 1 unspecified atom stereocenters. The molecular weight excluding hydrogens is 374 g/mol. The molecule has 5 rings (SSSR count). The molecule has 0 radical (unpaired) electrons. The lowest BCUT2D eigenvalue weighted by Crippen LogP contribution is -2.10. The van der Waals surface area contributed by atoms with Crippen molar-refractivity contribution in [3.05, 3.63) is 72.6 Å². The molecule has 4 aromatic heterocycles. The second-order valence-electron chi connectivity index (χ2n) is 6.83. The SMILES string of the molecule is CC.Cc1cccc(-c2c(C(C)Nc3ncnc4nc[nH]c34)nc3ccccn23)c1. The number of nitrogens with zero attached hydrogens (tertiary/aromatic N) is 5. The quantitative estimate of drug-likeness (QED) is 0.435. The number of anilines is 1. The monoisotopic (exact) mass is 399 g/mol. The van der Waals surface area contributed by atoms with E-state index < -0.39 is 0 Å². The van der Waals surface area contributed by atoms with Crippen LogP contribution in [0.15, 0.2) is 61.3 Å². The van der Waals surface area contributed by atoms with Crippen LogP contribution in [-0.4, -0.2) is 29.3 Å². The Morgan fingerprint density at radius 3 is 2.73 bits per heavy atom. The van der Waals surface area contributed by atoms with E-state index >= 15 is 0 Å². The summed E-state index contributed by atoms with van der Waals surface area (Å²) in [5.41, 5.74) is 6.73. The second kappa shape index (κ2) is 8.32. The largest absolute Gasteiger partial charge is 0.360 e. The van der Waals surface area contributed by atoms with Crippen molar-refractivity contribution in [3.63, 3.8) is 0 Å². The molecule has 0 aliphatic rings. The molecule has 1 atom stereocenters. The van der Waals surface area contributed by atoms with Crippen LogP contribution < -0.4 is 5.32 Å². The summed E-state index contributed by atoms with van der Waals surface area (Å²) < 4.78 is 2.13. The average Bonchev–Trinajstić information content (AvgIpc) is 3.40. The Labute approximate surface area is 175 Å². The summed E-state index contributed by atoms with van der Waals surface area (Å²) in [5, 5.41) is 3.47. The van der Waals surface area contributed by atoms with E-state index in [2.05, 4.69) is 67.8 Å². The third-order valence-electron chi connectivity index (χ3n) is 4.83. The Kier molecular flexibility index (Phi) is 5.43. The Morgan fingerprint density at radius 2 is 1.90 bits per heavy atom. The highest BCUT2D eigenvalue weighted by Gasteiger charge is 2.20. The third kappa shape index (κ3) is 3.50. The van der Waals surface area contributed by atoms with E-state index in [1.165, 1.54) is 11.9 Å². The maximum Gasteiger partial charge on any atom is 0.182 e. The minimum atomic E-state index is -0.0724. The lowest BCUT2D eigenvalue weighted by atomic mass is 10.0. The van der Waals surface area contributed by atoms with E-state index in [1.807, 2.05) is 38.2 Å². The van der Waals surface area contributed by atoms with E-state index in [1.54, 1.807) is 6.33 Å². The van der Waals surface area contributed by atoms with Gasteiger partial charge >= 0.3 is 0 Å². The van der Waals surface area contributed by atoms with Crippen LogP contribution >= 0.6 is 0 Å². The van der Waals surface area contributed by atoms with Gasteiger partial charge in [0.2, 0.25) is 0 Å². The van der Waals surface area contributed by atoms with Gasteiger partial charge in [0, 0.05) is 11.8 Å². The molecule has 0 fully saturated rings. The van der Waals surface area contributed by atoms with Gasteiger partial charge in [-0.15, -0.1) is 0 Å². The van der Waals surface area contributed by atoms with Gasteiger partial charge in [-0.1, -0.05) is 43.7 Å². The number of fused-ring (bicyclic) bond motifs is 2. The van der Waals surface area contributed by atoms with E-state index in [-0.39, 0.29) is 6.04 Å². The maximum absolute atomic E-state index is 4.91. The van der Waals surface area contributed by atoms with Crippen molar-refractivity contribution >= 4 is 22.6 Å². The maximum atomic E-state index is 4.91. The van der Waals surface area contributed by atoms with E-state index in [9.17, 15) is 0 Å². The molecule has 4 heterocycles. The van der Waals surface area contributed by atoms with Crippen LogP contribution in [0.2, 0.25) is 0 Å². The first-order valence-electron chi connectivity index (χ1n) is 10.2. The van der Waals surface area contributed by atoms with Gasteiger partial charge in [0.15, 0.2) is 11.5 Å². The van der Waals surface area contributed by atoms with Gasteiger partial charge in [0.05, 0.1) is 23.8 Å². The summed E-state index contributed by atoms with van der Waals surface area (Å²) in [7, 11) is 0. The molecule has 2 N–H and O–H groups in total. The first-order valence-corrected chi connectivity index (χ1v) is 10.2. The Bertz CT molecular complexity index is 1290. The highest BCUT2D eigenvalue weighted by Crippen LogP contribution is 2.32. The molecule has 0 amide bonds. The number of benzene rings is 1. The average molecular weight is 400 g/mol. The van der Waals surface area contributed by atoms with Gasteiger partial charge in [0.1, 0.15) is 17.5 Å². The fraction of sp³-hybridized carbons (Fsp3) is 0.217. The van der Waals surface area contributed by atoms with Crippen LogP contribution in [0.25, 0.3) is 28.1 Å². The topological polar surface area (TPSA) is 83.8 Å². The van der Waals surface area contributed by atoms with Gasteiger partial charge in [-0.3, -0.25) is 4.40 Å². The molecular formula is C23H25N7. The number of aryl methyl sites for hydroxylation is 1. The zero-order valence-electron chi connectivity index (χ0n) is 17.6. The van der Waals surface area contributed by atoms with Crippen molar-refractivity contribution in [3.8, 4) is 11.3 Å². The number of hydrogen-bond acceptors (Lipinski definition) is 5. The molecule has 5 aromatic rings. The summed E-state index contributed by atoms with van der Waals surface area (Å²) in [6, 6.07) is 14.5. The highest BCUT2D eigenvalue weighted by atomic mass is 15.1. The number of aromatic amines is 1. The van der Waals surface area contributed by atoms with E-state index in [0.717, 1.165) is 28.1 Å². The summed E-state index contributed by atoms with van der Waals surface area (Å²) in [4.78, 5) is 20.8. The zero-order valence-corrected chi connectivity index (χ0v) is 17.6. The number of nitrogens with one attached hydrogen (secondary N) is 2. The Morgan fingerprint density at radius 1 is 1.03 bits per heavy atom. The van der Waals surface area contributed by atoms with Crippen molar-refractivity contribution in [1.29, 1.82) is 0 Å². The van der Waals surface area contributed by atoms with Crippen LogP contribution in [0.3, 0.4) is 0 Å². The van der Waals surface area contributed by atoms with Gasteiger partial charge in [0.25, 0.3) is 0 Å². The third-order valence-corrected chi connectivity index (χ3v) is 4.83. The summed E-state index contributed by atoms with van der Waals surface area (Å²) in [6.45, 7) is 8.19. The standard InChI is InChI=1S/C21H19N7.C2H6/c1-13-6-5-7-15(10-13)19-17(27-16-8-3-4-9-28(16)19)14(2)26-21-18-20(23-11-22-18)24-12-25-21;1-2/h3-12,14H,1-2H3,(H2,22,23,24,25,26);1-2H3. The van der Waals surface area contributed by atoms with Crippen LogP contribution in [0.1, 0.15) is 38.1 Å². The molecule has 30 heavy (non-hydrogen) atoms. The minimum Gasteiger partial charge on any atom is -0.360 e. The molecule has 152 valence electrons. The van der Waals surface area contributed by atoms with Crippen LogP contribution in [-0.2, 0) is 0 Å². The van der Waals surface area contributed by atoms with E-state index in [4.69, 9.17) is 4.98 Å². The second-order valence-corrected chi connectivity index (χ2v) is 6.83. The van der Waals surface area contributed by atoms with Crippen LogP contribution in [0.4, 0.5) is 5.82 Å². The molecule has 0 saturated heterocycles. The minimum absolute atomic E-state index is 0.0724.